The number of nitrogens with zero attached hydrogens (tertiary/aromatic N) is 6. The van der Waals surface area contributed by atoms with Gasteiger partial charge in [-0.15, -0.1) is 5.10 Å². The Bertz CT molecular complexity index is 1320. The van der Waals surface area contributed by atoms with Crippen molar-refractivity contribution in [2.24, 2.45) is 0 Å². The maximum Gasteiger partial charge on any atom is 0.416 e. The molecule has 1 saturated carbocycles. The number of hydrogen-bond donors (Lipinski definition) is 2. The first-order valence-corrected chi connectivity index (χ1v) is 12.7. The summed E-state index contributed by atoms with van der Waals surface area (Å²) in [6.45, 7) is 7.58. The minimum atomic E-state index is -4.36. The van der Waals surface area contributed by atoms with Gasteiger partial charge in [-0.3, -0.25) is 9.88 Å². The van der Waals surface area contributed by atoms with Crippen molar-refractivity contribution < 1.29 is 18.3 Å². The Hall–Kier alpha value is -2.99. The van der Waals surface area contributed by atoms with Gasteiger partial charge >= 0.3 is 11.9 Å². The lowest BCUT2D eigenvalue weighted by molar-refractivity contribution is -0.137. The van der Waals surface area contributed by atoms with E-state index >= 15 is 0 Å². The normalized spacial score (nSPS) is 23.3. The van der Waals surface area contributed by atoms with Crippen LogP contribution >= 0.6 is 0 Å². The smallest absolute Gasteiger partial charge is 0.388 e. The fourth-order valence-electron chi connectivity index (χ4n) is 5.54. The van der Waals surface area contributed by atoms with E-state index in [1.54, 1.807) is 16.8 Å². The van der Waals surface area contributed by atoms with Crippen LogP contribution in [0.3, 0.4) is 0 Å². The molecule has 0 radical (unpaired) electrons. The fourth-order valence-corrected chi connectivity index (χ4v) is 5.54. The van der Waals surface area contributed by atoms with Crippen LogP contribution in [-0.2, 0) is 12.7 Å². The molecular formula is C25H32F3N7O2. The average molecular weight is 520 g/mol. The lowest BCUT2D eigenvalue weighted by atomic mass is 9.80. The quantitative estimate of drug-likeness (QED) is 0.514. The van der Waals surface area contributed by atoms with E-state index < -0.39 is 23.0 Å². The highest BCUT2D eigenvalue weighted by Gasteiger charge is 2.38. The van der Waals surface area contributed by atoms with Crippen molar-refractivity contribution in [3.8, 4) is 0 Å². The van der Waals surface area contributed by atoms with Gasteiger partial charge in [0.1, 0.15) is 0 Å². The third kappa shape index (κ3) is 4.84. The lowest BCUT2D eigenvalue weighted by Gasteiger charge is -2.48. The van der Waals surface area contributed by atoms with Crippen LogP contribution in [0.1, 0.15) is 63.6 Å². The summed E-state index contributed by atoms with van der Waals surface area (Å²) in [5, 5.41) is 19.1. The van der Waals surface area contributed by atoms with E-state index in [-0.39, 0.29) is 24.7 Å². The van der Waals surface area contributed by atoms with Gasteiger partial charge in [0.2, 0.25) is 0 Å². The first-order valence-electron chi connectivity index (χ1n) is 12.7. The first-order chi connectivity index (χ1) is 17.5. The Balaban J connectivity index is 1.40. The highest BCUT2D eigenvalue weighted by atomic mass is 19.4. The number of fused-ring (bicyclic) bond motifs is 1. The van der Waals surface area contributed by atoms with Crippen molar-refractivity contribution >= 4 is 17.0 Å². The van der Waals surface area contributed by atoms with Crippen molar-refractivity contribution in [1.82, 2.24) is 29.9 Å². The maximum atomic E-state index is 13.0. The molecule has 1 aromatic carbocycles. The van der Waals surface area contributed by atoms with Crippen LogP contribution in [0.4, 0.5) is 19.0 Å². The van der Waals surface area contributed by atoms with Crippen LogP contribution < -0.4 is 10.6 Å². The van der Waals surface area contributed by atoms with Gasteiger partial charge in [-0.2, -0.15) is 18.2 Å². The van der Waals surface area contributed by atoms with Crippen LogP contribution in [0.5, 0.6) is 0 Å². The summed E-state index contributed by atoms with van der Waals surface area (Å²) in [6, 6.07) is 5.31. The number of rotatable bonds is 6. The molecule has 3 heterocycles. The summed E-state index contributed by atoms with van der Waals surface area (Å²) in [4.78, 5) is 23.9. The molecule has 200 valence electrons. The van der Waals surface area contributed by atoms with Crippen LogP contribution in [-0.4, -0.2) is 65.7 Å². The summed E-state index contributed by atoms with van der Waals surface area (Å²) >= 11 is 0. The molecule has 5 rings (SSSR count). The third-order valence-electron chi connectivity index (χ3n) is 7.95. The summed E-state index contributed by atoms with van der Waals surface area (Å²) in [6.07, 6.45) is -1.23. The monoisotopic (exact) mass is 519 g/mol. The molecule has 2 aromatic heterocycles. The number of H-pyrrole nitrogens is 1. The molecule has 37 heavy (non-hydrogen) atoms. The molecule has 3 aromatic rings. The Morgan fingerprint density at radius 3 is 2.51 bits per heavy atom. The Kier molecular flexibility index (Phi) is 6.51. The summed E-state index contributed by atoms with van der Waals surface area (Å²) in [5.41, 5.74) is -0.255. The summed E-state index contributed by atoms with van der Waals surface area (Å²) in [7, 11) is 0. The Morgan fingerprint density at radius 2 is 1.92 bits per heavy atom. The van der Waals surface area contributed by atoms with Crippen LogP contribution in [0.2, 0.25) is 0 Å². The van der Waals surface area contributed by atoms with Gasteiger partial charge in [0, 0.05) is 31.2 Å². The van der Waals surface area contributed by atoms with Crippen molar-refractivity contribution in [2.45, 2.75) is 82.9 Å². The number of aromatic amines is 1. The molecule has 1 saturated heterocycles. The molecule has 0 spiro atoms. The standard InChI is InChI=1S/C25H32F3N7O2/c1-4-19-13-33(15(2)12-34(19)16(3)17-6-8-18(9-7-17)25(26,27)28)21-20-22(30-23(36)29-21)35(32-31-20)14-24(37)10-5-11-24/h6-9,15-16,19,37H,4-5,10-14H2,1-3H3,(H,29,30,36)/t15-,16?,19+/m0/s1. The van der Waals surface area contributed by atoms with Crippen LogP contribution in [0, 0.1) is 0 Å². The first kappa shape index (κ1) is 25.7. The fraction of sp³-hybridized carbons (Fsp3) is 0.600. The molecule has 1 aliphatic carbocycles. The van der Waals surface area contributed by atoms with Gasteiger partial charge in [-0.05, 0) is 57.2 Å². The minimum absolute atomic E-state index is 0.0434. The van der Waals surface area contributed by atoms with Gasteiger partial charge in [-0.25, -0.2) is 9.48 Å². The van der Waals surface area contributed by atoms with E-state index in [0.717, 1.165) is 30.5 Å². The molecule has 2 aliphatic rings. The number of nitrogens with one attached hydrogen (secondary N) is 1. The number of aromatic nitrogens is 5. The molecule has 1 unspecified atom stereocenters. The van der Waals surface area contributed by atoms with Gasteiger partial charge in [-0.1, -0.05) is 24.3 Å². The number of alkyl halides is 3. The molecule has 9 nitrogen and oxygen atoms in total. The molecular weight excluding hydrogens is 487 g/mol. The molecule has 0 amide bonds. The zero-order valence-corrected chi connectivity index (χ0v) is 21.2. The van der Waals surface area contributed by atoms with E-state index in [0.29, 0.717) is 42.9 Å². The van der Waals surface area contributed by atoms with Gasteiger partial charge in [0.15, 0.2) is 17.0 Å². The van der Waals surface area contributed by atoms with E-state index in [9.17, 15) is 23.1 Å². The van der Waals surface area contributed by atoms with Crippen LogP contribution in [0.25, 0.3) is 11.2 Å². The minimum Gasteiger partial charge on any atom is -0.388 e. The lowest BCUT2D eigenvalue weighted by Crippen LogP contribution is -2.58. The van der Waals surface area contributed by atoms with Gasteiger partial charge < -0.3 is 10.0 Å². The second kappa shape index (κ2) is 9.39. The topological polar surface area (TPSA) is 103 Å². The molecule has 2 fully saturated rings. The predicted octanol–water partition coefficient (Wildman–Crippen LogP) is 3.50. The van der Waals surface area contributed by atoms with Crippen molar-refractivity contribution in [3.63, 3.8) is 0 Å². The highest BCUT2D eigenvalue weighted by Crippen LogP contribution is 2.36. The van der Waals surface area contributed by atoms with Gasteiger partial charge in [0.25, 0.3) is 0 Å². The highest BCUT2D eigenvalue weighted by molar-refractivity contribution is 5.82. The number of hydrogen-bond acceptors (Lipinski definition) is 7. The molecule has 3 atom stereocenters. The predicted molar refractivity (Wildman–Crippen MR) is 132 cm³/mol. The van der Waals surface area contributed by atoms with Gasteiger partial charge in [0.05, 0.1) is 17.7 Å². The second-order valence-electron chi connectivity index (χ2n) is 10.4. The largest absolute Gasteiger partial charge is 0.416 e. The SMILES string of the molecule is CC[C@@H]1CN(c2nc(=O)[nH]c3c2nnn3CC2(O)CCC2)[C@@H](C)CN1C(C)c1ccc(C(F)(F)F)cc1. The van der Waals surface area contributed by atoms with E-state index in [1.807, 2.05) is 13.8 Å². The third-order valence-corrected chi connectivity index (χ3v) is 7.95. The van der Waals surface area contributed by atoms with Crippen molar-refractivity contribution in [2.75, 3.05) is 18.0 Å². The maximum absolute atomic E-state index is 13.0. The second-order valence-corrected chi connectivity index (χ2v) is 10.4. The number of piperazine rings is 1. The van der Waals surface area contributed by atoms with Crippen LogP contribution in [0.15, 0.2) is 29.1 Å². The summed E-state index contributed by atoms with van der Waals surface area (Å²) < 4.78 is 40.6. The zero-order valence-electron chi connectivity index (χ0n) is 21.2. The molecule has 12 heteroatoms. The van der Waals surface area contributed by atoms with Crippen molar-refractivity contribution in [3.05, 3.63) is 45.9 Å². The molecule has 1 aliphatic heterocycles. The Morgan fingerprint density at radius 1 is 1.22 bits per heavy atom. The number of benzene rings is 1. The number of halogens is 3. The van der Waals surface area contributed by atoms with E-state index in [4.69, 9.17) is 0 Å². The molecule has 0 bridgehead atoms. The van der Waals surface area contributed by atoms with E-state index in [1.165, 1.54) is 0 Å². The van der Waals surface area contributed by atoms with Crippen molar-refractivity contribution in [1.29, 1.82) is 0 Å². The average Bonchev–Trinajstić information content (AvgIpc) is 3.23. The number of aliphatic hydroxyl groups is 1. The van der Waals surface area contributed by atoms with E-state index in [2.05, 4.69) is 37.0 Å². The zero-order chi connectivity index (χ0) is 26.5. The summed E-state index contributed by atoms with van der Waals surface area (Å²) in [5.74, 6) is 0.457. The Labute approximate surface area is 212 Å². The molecule has 2 N–H and O–H groups in total. The number of anilines is 1.